The van der Waals surface area contributed by atoms with E-state index in [1.165, 1.54) is 0 Å². The van der Waals surface area contributed by atoms with Gasteiger partial charge in [0, 0.05) is 16.8 Å². The number of aromatic nitrogens is 2. The summed E-state index contributed by atoms with van der Waals surface area (Å²) in [5.41, 5.74) is 3.16. The largest absolute Gasteiger partial charge is 0.494 e. The van der Waals surface area contributed by atoms with Crippen LogP contribution in [0.4, 0.5) is 0 Å². The fourth-order valence-corrected chi connectivity index (χ4v) is 2.69. The van der Waals surface area contributed by atoms with Crippen LogP contribution in [0.25, 0.3) is 11.4 Å². The summed E-state index contributed by atoms with van der Waals surface area (Å²) < 4.78 is 5.50. The van der Waals surface area contributed by atoms with Crippen molar-refractivity contribution in [2.45, 2.75) is 26.2 Å². The molecule has 3 rings (SSSR count). The fourth-order valence-electron chi connectivity index (χ4n) is 2.41. The number of aryl methyl sites for hydroxylation is 1. The number of nitrogens with zero attached hydrogens (tertiary/aromatic N) is 2. The van der Waals surface area contributed by atoms with Crippen molar-refractivity contribution in [2.24, 2.45) is 0 Å². The molecule has 98 valence electrons. The Balaban J connectivity index is 2.02. The minimum Gasteiger partial charge on any atom is -0.494 e. The quantitative estimate of drug-likeness (QED) is 0.801. The highest BCUT2D eigenvalue weighted by Crippen LogP contribution is 2.29. The van der Waals surface area contributed by atoms with Crippen molar-refractivity contribution in [3.8, 4) is 17.1 Å². The number of hydrogen-bond acceptors (Lipinski definition) is 3. The molecule has 1 aromatic carbocycles. The zero-order valence-electron chi connectivity index (χ0n) is 10.8. The Morgan fingerprint density at radius 3 is 3.00 bits per heavy atom. The van der Waals surface area contributed by atoms with Crippen molar-refractivity contribution in [3.63, 3.8) is 0 Å². The van der Waals surface area contributed by atoms with Crippen molar-refractivity contribution in [1.82, 2.24) is 9.97 Å². The van der Waals surface area contributed by atoms with Gasteiger partial charge in [0.1, 0.15) is 10.9 Å². The number of hydrogen-bond donors (Lipinski definition) is 0. The zero-order chi connectivity index (χ0) is 13.2. The summed E-state index contributed by atoms with van der Waals surface area (Å²) >= 11 is 6.24. The monoisotopic (exact) mass is 274 g/mol. The van der Waals surface area contributed by atoms with Crippen LogP contribution >= 0.6 is 11.6 Å². The van der Waals surface area contributed by atoms with Gasteiger partial charge in [0.25, 0.3) is 0 Å². The van der Waals surface area contributed by atoms with Crippen molar-refractivity contribution >= 4 is 11.6 Å². The number of fused-ring (bicyclic) bond motifs is 1. The van der Waals surface area contributed by atoms with Crippen molar-refractivity contribution < 1.29 is 4.74 Å². The van der Waals surface area contributed by atoms with Crippen LogP contribution < -0.4 is 4.74 Å². The molecule has 0 saturated carbocycles. The Morgan fingerprint density at radius 1 is 1.26 bits per heavy atom. The predicted molar refractivity (Wildman–Crippen MR) is 75.7 cm³/mol. The lowest BCUT2D eigenvalue weighted by Gasteiger charge is -2.08. The highest BCUT2D eigenvalue weighted by Gasteiger charge is 2.18. The van der Waals surface area contributed by atoms with Gasteiger partial charge in [0.15, 0.2) is 5.82 Å². The lowest BCUT2D eigenvalue weighted by atomic mass is 10.2. The first-order valence-corrected chi connectivity index (χ1v) is 6.94. The summed E-state index contributed by atoms with van der Waals surface area (Å²) in [5.74, 6) is 1.52. The molecule has 2 aromatic rings. The molecule has 0 N–H and O–H groups in total. The van der Waals surface area contributed by atoms with E-state index in [1.54, 1.807) is 0 Å². The third-order valence-corrected chi connectivity index (χ3v) is 3.60. The molecule has 0 spiro atoms. The molecule has 0 fully saturated rings. The van der Waals surface area contributed by atoms with Gasteiger partial charge < -0.3 is 4.74 Å². The Bertz CT molecular complexity index is 613. The second-order valence-electron chi connectivity index (χ2n) is 4.58. The van der Waals surface area contributed by atoms with E-state index in [1.807, 2.05) is 31.2 Å². The summed E-state index contributed by atoms with van der Waals surface area (Å²) in [4.78, 5) is 9.05. The zero-order valence-corrected chi connectivity index (χ0v) is 11.6. The molecule has 1 aliphatic rings. The number of halogens is 1. The second-order valence-corrected chi connectivity index (χ2v) is 4.94. The molecule has 4 heteroatoms. The van der Waals surface area contributed by atoms with Crippen LogP contribution in [0.3, 0.4) is 0 Å². The van der Waals surface area contributed by atoms with Crippen molar-refractivity contribution in [1.29, 1.82) is 0 Å². The average Bonchev–Trinajstić information content (AvgIpc) is 2.88. The van der Waals surface area contributed by atoms with Gasteiger partial charge >= 0.3 is 0 Å². The predicted octanol–water partition coefficient (Wildman–Crippen LogP) is 3.68. The van der Waals surface area contributed by atoms with Crippen LogP contribution in [0, 0.1) is 0 Å². The lowest BCUT2D eigenvalue weighted by molar-refractivity contribution is 0.340. The molecule has 3 nitrogen and oxygen atoms in total. The topological polar surface area (TPSA) is 35.0 Å². The Morgan fingerprint density at radius 2 is 2.16 bits per heavy atom. The maximum atomic E-state index is 6.24. The van der Waals surface area contributed by atoms with Crippen LogP contribution in [0.2, 0.25) is 5.15 Å². The highest BCUT2D eigenvalue weighted by atomic mass is 35.5. The fraction of sp³-hybridized carbons (Fsp3) is 0.333. The number of ether oxygens (including phenoxy) is 1. The van der Waals surface area contributed by atoms with Gasteiger partial charge in [-0.1, -0.05) is 23.7 Å². The molecule has 0 radical (unpaired) electrons. The normalized spacial score (nSPS) is 13.4. The van der Waals surface area contributed by atoms with Gasteiger partial charge in [-0.2, -0.15) is 0 Å². The molecular weight excluding hydrogens is 260 g/mol. The minimum absolute atomic E-state index is 0.597. The molecule has 0 amide bonds. The van der Waals surface area contributed by atoms with Gasteiger partial charge in [0.2, 0.25) is 0 Å². The summed E-state index contributed by atoms with van der Waals surface area (Å²) in [6.45, 7) is 2.62. The van der Waals surface area contributed by atoms with E-state index in [2.05, 4.69) is 9.97 Å². The lowest BCUT2D eigenvalue weighted by Crippen LogP contribution is -1.98. The van der Waals surface area contributed by atoms with Gasteiger partial charge in [-0.25, -0.2) is 9.97 Å². The molecule has 1 aliphatic carbocycles. The average molecular weight is 275 g/mol. The van der Waals surface area contributed by atoms with Crippen molar-refractivity contribution in [3.05, 3.63) is 40.7 Å². The number of benzene rings is 1. The SMILES string of the molecule is CCOc1cccc(-c2nc(Cl)c3c(n2)CCC3)c1. The van der Waals surface area contributed by atoms with Gasteiger partial charge in [-0.15, -0.1) is 0 Å². The van der Waals surface area contributed by atoms with Crippen LogP contribution in [0.5, 0.6) is 5.75 Å². The van der Waals surface area contributed by atoms with Gasteiger partial charge in [0.05, 0.1) is 6.61 Å². The first kappa shape index (κ1) is 12.4. The molecule has 0 atom stereocenters. The summed E-state index contributed by atoms with van der Waals surface area (Å²) in [7, 11) is 0. The van der Waals surface area contributed by atoms with Crippen LogP contribution in [0.1, 0.15) is 24.6 Å². The first-order chi connectivity index (χ1) is 9.28. The Kier molecular flexibility index (Phi) is 3.38. The smallest absolute Gasteiger partial charge is 0.161 e. The maximum absolute atomic E-state index is 6.24. The van der Waals surface area contributed by atoms with E-state index >= 15 is 0 Å². The number of rotatable bonds is 3. The van der Waals surface area contributed by atoms with Crippen LogP contribution in [-0.4, -0.2) is 16.6 Å². The standard InChI is InChI=1S/C15H15ClN2O/c1-2-19-11-6-3-5-10(9-11)15-17-13-8-4-7-12(13)14(16)18-15/h3,5-6,9H,2,4,7-8H2,1H3. The molecule has 19 heavy (non-hydrogen) atoms. The van der Waals surface area contributed by atoms with Gasteiger partial charge in [-0.3, -0.25) is 0 Å². The minimum atomic E-state index is 0.597. The van der Waals surface area contributed by atoms with Gasteiger partial charge in [-0.05, 0) is 38.3 Å². The maximum Gasteiger partial charge on any atom is 0.161 e. The van der Waals surface area contributed by atoms with Crippen LogP contribution in [0.15, 0.2) is 24.3 Å². The van der Waals surface area contributed by atoms with E-state index in [4.69, 9.17) is 16.3 Å². The summed E-state index contributed by atoms with van der Waals surface area (Å²) in [6, 6.07) is 7.82. The van der Waals surface area contributed by atoms with E-state index in [0.29, 0.717) is 17.6 Å². The van der Waals surface area contributed by atoms with E-state index < -0.39 is 0 Å². The molecule has 0 bridgehead atoms. The molecule has 1 heterocycles. The molecule has 0 aliphatic heterocycles. The molecule has 0 unspecified atom stereocenters. The van der Waals surface area contributed by atoms with Crippen molar-refractivity contribution in [2.75, 3.05) is 6.61 Å². The summed E-state index contributed by atoms with van der Waals surface area (Å²) in [5, 5.41) is 0.597. The van der Waals surface area contributed by atoms with Crippen LogP contribution in [-0.2, 0) is 12.8 Å². The Labute approximate surface area is 117 Å². The molecule has 0 saturated heterocycles. The van der Waals surface area contributed by atoms with E-state index in [-0.39, 0.29) is 0 Å². The third kappa shape index (κ3) is 2.43. The highest BCUT2D eigenvalue weighted by molar-refractivity contribution is 6.30. The van der Waals surface area contributed by atoms with E-state index in [9.17, 15) is 0 Å². The Hall–Kier alpha value is -1.61. The molecular formula is C15H15ClN2O. The van der Waals surface area contributed by atoms with E-state index in [0.717, 1.165) is 41.8 Å². The third-order valence-electron chi connectivity index (χ3n) is 3.29. The molecule has 1 aromatic heterocycles. The summed E-state index contributed by atoms with van der Waals surface area (Å²) in [6.07, 6.45) is 3.11. The second kappa shape index (κ2) is 5.17. The first-order valence-electron chi connectivity index (χ1n) is 6.56.